The fourth-order valence-corrected chi connectivity index (χ4v) is 2.53. The Hall–Kier alpha value is -0.650. The standard InChI is InChI=1S/C14H28N2O3/c1-3-18-13(19-4-2)10-16-14(17)12-7-5-11(9-15)6-8-12/h11-13H,3-10,15H2,1-2H3,(H,16,17). The van der Waals surface area contributed by atoms with Crippen molar-refractivity contribution in [3.63, 3.8) is 0 Å². The lowest BCUT2D eigenvalue weighted by molar-refractivity contribution is -0.142. The molecule has 1 amide bonds. The third-order valence-electron chi connectivity index (χ3n) is 3.70. The summed E-state index contributed by atoms with van der Waals surface area (Å²) in [4.78, 5) is 12.1. The number of ether oxygens (including phenoxy) is 2. The summed E-state index contributed by atoms with van der Waals surface area (Å²) in [7, 11) is 0. The monoisotopic (exact) mass is 272 g/mol. The summed E-state index contributed by atoms with van der Waals surface area (Å²) in [5.74, 6) is 0.857. The van der Waals surface area contributed by atoms with Crippen molar-refractivity contribution in [1.82, 2.24) is 5.32 Å². The molecule has 0 atom stereocenters. The molecular weight excluding hydrogens is 244 g/mol. The van der Waals surface area contributed by atoms with Crippen LogP contribution in [0.5, 0.6) is 0 Å². The van der Waals surface area contributed by atoms with Crippen LogP contribution in [0.25, 0.3) is 0 Å². The van der Waals surface area contributed by atoms with Crippen LogP contribution in [0.2, 0.25) is 0 Å². The summed E-state index contributed by atoms with van der Waals surface area (Å²) >= 11 is 0. The summed E-state index contributed by atoms with van der Waals surface area (Å²) in [6, 6.07) is 0. The molecule has 0 aromatic rings. The Morgan fingerprint density at radius 2 is 1.79 bits per heavy atom. The molecule has 0 heterocycles. The van der Waals surface area contributed by atoms with Crippen molar-refractivity contribution in [2.24, 2.45) is 17.6 Å². The van der Waals surface area contributed by atoms with Crippen LogP contribution in [-0.4, -0.2) is 38.5 Å². The van der Waals surface area contributed by atoms with Gasteiger partial charge in [0.1, 0.15) is 0 Å². The second-order valence-corrected chi connectivity index (χ2v) is 5.04. The zero-order valence-corrected chi connectivity index (χ0v) is 12.2. The Balaban J connectivity index is 2.26. The Morgan fingerprint density at radius 3 is 2.26 bits per heavy atom. The molecule has 0 aromatic carbocycles. The van der Waals surface area contributed by atoms with E-state index in [0.717, 1.165) is 32.2 Å². The molecule has 0 aromatic heterocycles. The Morgan fingerprint density at radius 1 is 1.21 bits per heavy atom. The quantitative estimate of drug-likeness (QED) is 0.653. The molecule has 1 rings (SSSR count). The highest BCUT2D eigenvalue weighted by atomic mass is 16.7. The molecular formula is C14H28N2O3. The third kappa shape index (κ3) is 5.89. The highest BCUT2D eigenvalue weighted by Gasteiger charge is 2.25. The van der Waals surface area contributed by atoms with Gasteiger partial charge in [0.25, 0.3) is 0 Å². The molecule has 1 saturated carbocycles. The number of nitrogens with two attached hydrogens (primary N) is 1. The SMILES string of the molecule is CCOC(CNC(=O)C1CCC(CN)CC1)OCC. The molecule has 0 spiro atoms. The molecule has 19 heavy (non-hydrogen) atoms. The average molecular weight is 272 g/mol. The zero-order valence-electron chi connectivity index (χ0n) is 12.2. The van der Waals surface area contributed by atoms with Crippen LogP contribution in [0.3, 0.4) is 0 Å². The lowest BCUT2D eigenvalue weighted by Gasteiger charge is -2.27. The number of carbonyl (C=O) groups excluding carboxylic acids is 1. The van der Waals surface area contributed by atoms with Crippen LogP contribution < -0.4 is 11.1 Å². The molecule has 0 aliphatic heterocycles. The minimum atomic E-state index is -0.334. The number of rotatable bonds is 8. The van der Waals surface area contributed by atoms with E-state index in [1.165, 1.54) is 0 Å². The van der Waals surface area contributed by atoms with Crippen LogP contribution in [0, 0.1) is 11.8 Å². The first-order valence-corrected chi connectivity index (χ1v) is 7.42. The molecule has 5 nitrogen and oxygen atoms in total. The van der Waals surface area contributed by atoms with Crippen LogP contribution in [0.1, 0.15) is 39.5 Å². The van der Waals surface area contributed by atoms with Crippen molar-refractivity contribution in [3.05, 3.63) is 0 Å². The van der Waals surface area contributed by atoms with E-state index >= 15 is 0 Å². The van der Waals surface area contributed by atoms with Gasteiger partial charge >= 0.3 is 0 Å². The Labute approximate surface area is 116 Å². The smallest absolute Gasteiger partial charge is 0.223 e. The summed E-state index contributed by atoms with van der Waals surface area (Å²) in [5, 5.41) is 2.93. The van der Waals surface area contributed by atoms with Gasteiger partial charge in [-0.1, -0.05) is 0 Å². The molecule has 3 N–H and O–H groups in total. The Bertz CT molecular complexity index is 247. The van der Waals surface area contributed by atoms with E-state index in [-0.39, 0.29) is 18.1 Å². The predicted molar refractivity (Wildman–Crippen MR) is 74.6 cm³/mol. The molecule has 1 fully saturated rings. The highest BCUT2D eigenvalue weighted by Crippen LogP contribution is 2.28. The minimum Gasteiger partial charge on any atom is -0.351 e. The minimum absolute atomic E-state index is 0.125. The van der Waals surface area contributed by atoms with Crippen LogP contribution in [0.4, 0.5) is 0 Å². The first kappa shape index (κ1) is 16.4. The zero-order chi connectivity index (χ0) is 14.1. The van der Waals surface area contributed by atoms with Crippen molar-refractivity contribution < 1.29 is 14.3 Å². The van der Waals surface area contributed by atoms with Gasteiger partial charge in [-0.25, -0.2) is 0 Å². The van der Waals surface area contributed by atoms with Crippen molar-refractivity contribution in [2.75, 3.05) is 26.3 Å². The van der Waals surface area contributed by atoms with E-state index in [0.29, 0.717) is 25.7 Å². The Kier molecular flexibility index (Phi) is 8.02. The van der Waals surface area contributed by atoms with E-state index in [1.54, 1.807) is 0 Å². The molecule has 5 heteroatoms. The summed E-state index contributed by atoms with van der Waals surface area (Å²) in [6.45, 7) is 6.18. The van der Waals surface area contributed by atoms with Crippen LogP contribution >= 0.6 is 0 Å². The van der Waals surface area contributed by atoms with Gasteiger partial charge in [0.2, 0.25) is 5.91 Å². The largest absolute Gasteiger partial charge is 0.351 e. The van der Waals surface area contributed by atoms with Gasteiger partial charge in [-0.05, 0) is 52.0 Å². The lowest BCUT2D eigenvalue weighted by Crippen LogP contribution is -2.40. The fraction of sp³-hybridized carbons (Fsp3) is 0.929. The maximum Gasteiger partial charge on any atom is 0.223 e. The van der Waals surface area contributed by atoms with E-state index < -0.39 is 0 Å². The van der Waals surface area contributed by atoms with Crippen molar-refractivity contribution in [1.29, 1.82) is 0 Å². The van der Waals surface area contributed by atoms with Crippen LogP contribution in [-0.2, 0) is 14.3 Å². The number of amides is 1. The number of hydrogen-bond donors (Lipinski definition) is 2. The van der Waals surface area contributed by atoms with Gasteiger partial charge in [-0.2, -0.15) is 0 Å². The summed E-state index contributed by atoms with van der Waals surface area (Å²) < 4.78 is 10.8. The lowest BCUT2D eigenvalue weighted by atomic mass is 9.81. The van der Waals surface area contributed by atoms with Gasteiger partial charge in [-0.3, -0.25) is 4.79 Å². The molecule has 0 radical (unpaired) electrons. The van der Waals surface area contributed by atoms with Gasteiger partial charge in [0.05, 0.1) is 6.54 Å². The second kappa shape index (κ2) is 9.28. The molecule has 1 aliphatic rings. The van der Waals surface area contributed by atoms with Crippen molar-refractivity contribution in [2.45, 2.75) is 45.8 Å². The molecule has 0 saturated heterocycles. The van der Waals surface area contributed by atoms with E-state index in [2.05, 4.69) is 5.32 Å². The van der Waals surface area contributed by atoms with Gasteiger partial charge in [0, 0.05) is 19.1 Å². The van der Waals surface area contributed by atoms with Gasteiger partial charge in [-0.15, -0.1) is 0 Å². The van der Waals surface area contributed by atoms with Crippen molar-refractivity contribution in [3.8, 4) is 0 Å². The van der Waals surface area contributed by atoms with Gasteiger partial charge < -0.3 is 20.5 Å². The third-order valence-corrected chi connectivity index (χ3v) is 3.70. The molecule has 112 valence electrons. The van der Waals surface area contributed by atoms with Gasteiger partial charge in [0.15, 0.2) is 6.29 Å². The number of carbonyl (C=O) groups is 1. The summed E-state index contributed by atoms with van der Waals surface area (Å²) in [5.41, 5.74) is 5.66. The number of hydrogen-bond acceptors (Lipinski definition) is 4. The first-order chi connectivity index (χ1) is 9.21. The fourth-order valence-electron chi connectivity index (χ4n) is 2.53. The molecule has 1 aliphatic carbocycles. The first-order valence-electron chi connectivity index (χ1n) is 7.42. The van der Waals surface area contributed by atoms with Crippen molar-refractivity contribution >= 4 is 5.91 Å². The highest BCUT2D eigenvalue weighted by molar-refractivity contribution is 5.78. The average Bonchev–Trinajstić information content (AvgIpc) is 2.45. The van der Waals surface area contributed by atoms with E-state index in [9.17, 15) is 4.79 Å². The second-order valence-electron chi connectivity index (χ2n) is 5.04. The number of nitrogens with one attached hydrogen (secondary N) is 1. The maximum absolute atomic E-state index is 12.1. The van der Waals surface area contributed by atoms with Crippen LogP contribution in [0.15, 0.2) is 0 Å². The topological polar surface area (TPSA) is 73.6 Å². The van der Waals surface area contributed by atoms with E-state index in [4.69, 9.17) is 15.2 Å². The van der Waals surface area contributed by atoms with E-state index in [1.807, 2.05) is 13.8 Å². The predicted octanol–water partition coefficient (Wildman–Crippen LogP) is 1.27. The normalized spacial score (nSPS) is 23.6. The molecule has 0 unspecified atom stereocenters. The maximum atomic E-state index is 12.1. The summed E-state index contributed by atoms with van der Waals surface area (Å²) in [6.07, 6.45) is 3.69. The molecule has 0 bridgehead atoms.